The predicted octanol–water partition coefficient (Wildman–Crippen LogP) is 0.935. The number of phosphoric acid groups is 1. The number of phosphoric ester groups is 1. The second-order valence-electron chi connectivity index (χ2n) is 5.63. The molecule has 1 aromatic heterocycles. The van der Waals surface area contributed by atoms with Crippen molar-refractivity contribution >= 4 is 7.82 Å². The highest BCUT2D eigenvalue weighted by atomic mass is 31.2. The molecule has 0 amide bonds. The summed E-state index contributed by atoms with van der Waals surface area (Å²) < 4.78 is 33.8. The first-order valence-corrected chi connectivity index (χ1v) is 9.47. The van der Waals surface area contributed by atoms with Gasteiger partial charge in [0.05, 0.1) is 19.3 Å². The van der Waals surface area contributed by atoms with Gasteiger partial charge in [0, 0.05) is 25.8 Å². The first kappa shape index (κ1) is 22.7. The van der Waals surface area contributed by atoms with Crippen molar-refractivity contribution in [3.05, 3.63) is 33.1 Å². The topological polar surface area (TPSA) is 164 Å². The standard InChI is InChI=1S/C14H23N2O8P.H3N/c1-3-4-7-22-25(19,20)23-9-10-8-11(21-2)13(24-10)16-6-5-12(17)15-14(16)18;/h5-6,10-11,13H,3-4,7-9H2,1-2H3,(H,19,20)(H,15,17,18);1H3/t10-,11-,13-;/m1./s1. The number of aromatic nitrogens is 2. The van der Waals surface area contributed by atoms with Crippen LogP contribution in [0.15, 0.2) is 21.9 Å². The quantitative estimate of drug-likeness (QED) is 0.407. The predicted molar refractivity (Wildman–Crippen MR) is 92.3 cm³/mol. The third-order valence-corrected chi connectivity index (χ3v) is 4.73. The molecule has 11 nitrogen and oxygen atoms in total. The van der Waals surface area contributed by atoms with Crippen molar-refractivity contribution in [1.29, 1.82) is 0 Å². The fourth-order valence-electron chi connectivity index (χ4n) is 2.45. The van der Waals surface area contributed by atoms with Gasteiger partial charge < -0.3 is 20.5 Å². The van der Waals surface area contributed by atoms with E-state index in [1.807, 2.05) is 6.92 Å². The number of unbranched alkanes of at least 4 members (excludes halogenated alkanes) is 1. The van der Waals surface area contributed by atoms with E-state index in [4.69, 9.17) is 18.5 Å². The van der Waals surface area contributed by atoms with Gasteiger partial charge in [-0.3, -0.25) is 23.4 Å². The number of aromatic amines is 1. The number of ether oxygens (including phenoxy) is 2. The number of rotatable bonds is 9. The fourth-order valence-corrected chi connectivity index (χ4v) is 3.24. The summed E-state index contributed by atoms with van der Waals surface area (Å²) in [5.74, 6) is 0. The van der Waals surface area contributed by atoms with Gasteiger partial charge in [-0.25, -0.2) is 9.36 Å². The largest absolute Gasteiger partial charge is 0.472 e. The lowest BCUT2D eigenvalue weighted by atomic mass is 10.2. The van der Waals surface area contributed by atoms with E-state index >= 15 is 0 Å². The van der Waals surface area contributed by atoms with Crippen LogP contribution >= 0.6 is 7.82 Å². The molecule has 1 unspecified atom stereocenters. The molecule has 2 heterocycles. The summed E-state index contributed by atoms with van der Waals surface area (Å²) in [6.07, 6.45) is 1.32. The molecule has 0 aromatic carbocycles. The molecule has 150 valence electrons. The van der Waals surface area contributed by atoms with E-state index in [1.54, 1.807) is 0 Å². The van der Waals surface area contributed by atoms with Crippen molar-refractivity contribution in [3.63, 3.8) is 0 Å². The summed E-state index contributed by atoms with van der Waals surface area (Å²) in [6.45, 7) is 1.88. The summed E-state index contributed by atoms with van der Waals surface area (Å²) in [4.78, 5) is 34.8. The molecule has 1 aliphatic rings. The van der Waals surface area contributed by atoms with Crippen LogP contribution in [0, 0.1) is 0 Å². The van der Waals surface area contributed by atoms with E-state index in [1.165, 1.54) is 23.9 Å². The number of nitrogens with one attached hydrogen (secondary N) is 1. The maximum atomic E-state index is 11.9. The second kappa shape index (κ2) is 10.1. The minimum Gasteiger partial charge on any atom is -0.377 e. The van der Waals surface area contributed by atoms with Crippen molar-refractivity contribution in [2.75, 3.05) is 20.3 Å². The number of H-pyrrole nitrogens is 1. The third-order valence-electron chi connectivity index (χ3n) is 3.75. The molecule has 26 heavy (non-hydrogen) atoms. The van der Waals surface area contributed by atoms with Gasteiger partial charge >= 0.3 is 13.5 Å². The van der Waals surface area contributed by atoms with Crippen LogP contribution < -0.4 is 17.4 Å². The third kappa shape index (κ3) is 6.13. The van der Waals surface area contributed by atoms with E-state index in [9.17, 15) is 19.0 Å². The molecule has 12 heteroatoms. The summed E-state index contributed by atoms with van der Waals surface area (Å²) in [7, 11) is -2.68. The summed E-state index contributed by atoms with van der Waals surface area (Å²) >= 11 is 0. The lowest BCUT2D eigenvalue weighted by molar-refractivity contribution is -0.0626. The summed E-state index contributed by atoms with van der Waals surface area (Å²) in [6, 6.07) is 1.20. The van der Waals surface area contributed by atoms with Crippen LogP contribution in [0.2, 0.25) is 0 Å². The van der Waals surface area contributed by atoms with Crippen LogP contribution in [0.25, 0.3) is 0 Å². The monoisotopic (exact) mass is 395 g/mol. The number of hydrogen-bond donors (Lipinski definition) is 3. The lowest BCUT2D eigenvalue weighted by Gasteiger charge is -2.19. The van der Waals surface area contributed by atoms with Crippen LogP contribution in [0.1, 0.15) is 32.4 Å². The Morgan fingerprint density at radius 2 is 2.15 bits per heavy atom. The Balaban J connectivity index is 0.00000338. The van der Waals surface area contributed by atoms with E-state index in [0.29, 0.717) is 12.8 Å². The SMILES string of the molecule is CCCCOP(=O)(O)OC[C@H]1C[C@@H](OC)[C@H](n2ccc(=O)[nH]c2=O)O1.N. The Bertz CT molecular complexity index is 721. The van der Waals surface area contributed by atoms with Gasteiger partial charge in [0.2, 0.25) is 0 Å². The van der Waals surface area contributed by atoms with Gasteiger partial charge in [-0.1, -0.05) is 13.3 Å². The zero-order valence-electron chi connectivity index (χ0n) is 14.8. The zero-order valence-corrected chi connectivity index (χ0v) is 15.7. The highest BCUT2D eigenvalue weighted by Crippen LogP contribution is 2.44. The molecule has 0 aliphatic carbocycles. The van der Waals surface area contributed by atoms with Gasteiger partial charge in [-0.05, 0) is 6.42 Å². The van der Waals surface area contributed by atoms with Crippen LogP contribution in [-0.4, -0.2) is 47.0 Å². The summed E-state index contributed by atoms with van der Waals surface area (Å²) in [5.41, 5.74) is -1.14. The highest BCUT2D eigenvalue weighted by molar-refractivity contribution is 7.47. The van der Waals surface area contributed by atoms with Gasteiger partial charge in [0.1, 0.15) is 6.10 Å². The van der Waals surface area contributed by atoms with E-state index < -0.39 is 37.5 Å². The molecule has 0 saturated carbocycles. The van der Waals surface area contributed by atoms with Crippen molar-refractivity contribution in [3.8, 4) is 0 Å². The van der Waals surface area contributed by atoms with Crippen molar-refractivity contribution in [2.24, 2.45) is 0 Å². The van der Waals surface area contributed by atoms with Crippen LogP contribution in [-0.2, 0) is 23.1 Å². The molecule has 0 spiro atoms. The molecule has 1 aromatic rings. The van der Waals surface area contributed by atoms with E-state index in [-0.39, 0.29) is 19.4 Å². The number of hydrogen-bond acceptors (Lipinski definition) is 8. The number of methoxy groups -OCH3 is 1. The normalized spacial score (nSPS) is 24.8. The van der Waals surface area contributed by atoms with E-state index in [0.717, 1.165) is 6.42 Å². The maximum absolute atomic E-state index is 11.9. The van der Waals surface area contributed by atoms with Gasteiger partial charge in [-0.2, -0.15) is 0 Å². The summed E-state index contributed by atoms with van der Waals surface area (Å²) in [5, 5.41) is 0. The Kier molecular flexibility index (Phi) is 8.84. The first-order valence-electron chi connectivity index (χ1n) is 7.98. The molecule has 0 bridgehead atoms. The van der Waals surface area contributed by atoms with Crippen LogP contribution in [0.5, 0.6) is 0 Å². The molecule has 2 rings (SSSR count). The molecule has 4 atom stereocenters. The Hall–Kier alpha value is -1.33. The van der Waals surface area contributed by atoms with Crippen molar-refractivity contribution in [2.45, 2.75) is 44.6 Å². The second-order valence-corrected chi connectivity index (χ2v) is 7.08. The van der Waals surface area contributed by atoms with Gasteiger partial charge in [-0.15, -0.1) is 0 Å². The average Bonchev–Trinajstić information content (AvgIpc) is 2.96. The smallest absolute Gasteiger partial charge is 0.377 e. The molecular weight excluding hydrogens is 369 g/mol. The molecule has 1 saturated heterocycles. The minimum atomic E-state index is -4.15. The Morgan fingerprint density at radius 3 is 2.77 bits per heavy atom. The van der Waals surface area contributed by atoms with Crippen molar-refractivity contribution < 1.29 is 28.0 Å². The maximum Gasteiger partial charge on any atom is 0.472 e. The molecule has 1 fully saturated rings. The Labute approximate surface area is 150 Å². The molecule has 5 N–H and O–H groups in total. The van der Waals surface area contributed by atoms with Gasteiger partial charge in [0.15, 0.2) is 6.23 Å². The van der Waals surface area contributed by atoms with Crippen molar-refractivity contribution in [1.82, 2.24) is 15.7 Å². The minimum absolute atomic E-state index is 0. The lowest BCUT2D eigenvalue weighted by Crippen LogP contribution is -2.35. The van der Waals surface area contributed by atoms with E-state index in [2.05, 4.69) is 4.98 Å². The molecular formula is C14H26N3O8P. The highest BCUT2D eigenvalue weighted by Gasteiger charge is 2.38. The van der Waals surface area contributed by atoms with Crippen LogP contribution in [0.3, 0.4) is 0 Å². The zero-order chi connectivity index (χ0) is 18.4. The molecule has 1 aliphatic heterocycles. The molecule has 0 radical (unpaired) electrons. The first-order chi connectivity index (χ1) is 11.9. The number of nitrogens with zero attached hydrogens (tertiary/aromatic N) is 1. The van der Waals surface area contributed by atoms with Crippen LogP contribution in [0.4, 0.5) is 0 Å². The van der Waals surface area contributed by atoms with Gasteiger partial charge in [0.25, 0.3) is 5.56 Å². The average molecular weight is 395 g/mol. The fraction of sp³-hybridized carbons (Fsp3) is 0.714. The Morgan fingerprint density at radius 1 is 1.42 bits per heavy atom.